The zero-order valence-corrected chi connectivity index (χ0v) is 14.8. The molecule has 4 nitrogen and oxygen atoms in total. The van der Waals surface area contributed by atoms with E-state index < -0.39 is 0 Å². The van der Waals surface area contributed by atoms with E-state index >= 15 is 0 Å². The average molecular weight is 321 g/mol. The Balaban J connectivity index is 2.47. The van der Waals surface area contributed by atoms with Crippen LogP contribution in [0.5, 0.6) is 5.75 Å². The van der Waals surface area contributed by atoms with Crippen molar-refractivity contribution in [3.8, 4) is 5.75 Å². The third-order valence-corrected chi connectivity index (χ3v) is 3.93. The third-order valence-electron chi connectivity index (χ3n) is 3.93. The van der Waals surface area contributed by atoms with Crippen molar-refractivity contribution < 1.29 is 14.7 Å². The highest BCUT2D eigenvalue weighted by Gasteiger charge is 2.09. The van der Waals surface area contributed by atoms with Gasteiger partial charge >= 0.3 is 0 Å². The molecule has 0 saturated carbocycles. The number of methoxy groups -OCH3 is 1. The van der Waals surface area contributed by atoms with Gasteiger partial charge < -0.3 is 14.7 Å². The number of unbranched alkanes of at least 4 members (excludes halogenated alkanes) is 4. The minimum absolute atomic E-state index is 0.00479. The van der Waals surface area contributed by atoms with Crippen LogP contribution in [0.25, 0.3) is 0 Å². The Morgan fingerprint density at radius 3 is 2.39 bits per heavy atom. The SMILES string of the molecule is CCCCCCCC(CCO)O/N=C(\C)c1ccc(OC)cc1. The molecule has 1 unspecified atom stereocenters. The fourth-order valence-corrected chi connectivity index (χ4v) is 2.41. The molecule has 0 aliphatic rings. The molecule has 0 fully saturated rings. The van der Waals surface area contributed by atoms with E-state index in [1.54, 1.807) is 7.11 Å². The highest BCUT2D eigenvalue weighted by molar-refractivity contribution is 5.98. The molecular weight excluding hydrogens is 290 g/mol. The lowest BCUT2D eigenvalue weighted by Gasteiger charge is -2.14. The second-order valence-corrected chi connectivity index (χ2v) is 5.85. The van der Waals surface area contributed by atoms with Gasteiger partial charge in [-0.3, -0.25) is 0 Å². The summed E-state index contributed by atoms with van der Waals surface area (Å²) in [4.78, 5) is 5.66. The Labute approximate surface area is 140 Å². The van der Waals surface area contributed by atoms with Crippen LogP contribution >= 0.6 is 0 Å². The van der Waals surface area contributed by atoms with Crippen molar-refractivity contribution in [2.24, 2.45) is 5.16 Å². The summed E-state index contributed by atoms with van der Waals surface area (Å²) >= 11 is 0. The number of aliphatic hydroxyl groups is 1. The van der Waals surface area contributed by atoms with Crippen molar-refractivity contribution in [1.82, 2.24) is 0 Å². The van der Waals surface area contributed by atoms with E-state index in [9.17, 15) is 5.11 Å². The average Bonchev–Trinajstić information content (AvgIpc) is 2.59. The van der Waals surface area contributed by atoms with E-state index in [0.717, 1.165) is 29.9 Å². The third kappa shape index (κ3) is 8.03. The molecule has 1 aromatic carbocycles. The van der Waals surface area contributed by atoms with Crippen LogP contribution in [0, 0.1) is 0 Å². The first kappa shape index (κ1) is 19.5. The lowest BCUT2D eigenvalue weighted by molar-refractivity contribution is 0.0330. The highest BCUT2D eigenvalue weighted by atomic mass is 16.6. The molecule has 130 valence electrons. The maximum Gasteiger partial charge on any atom is 0.129 e. The monoisotopic (exact) mass is 321 g/mol. The second-order valence-electron chi connectivity index (χ2n) is 5.85. The maximum atomic E-state index is 9.18. The molecule has 1 rings (SSSR count). The van der Waals surface area contributed by atoms with Crippen LogP contribution < -0.4 is 4.74 Å². The van der Waals surface area contributed by atoms with E-state index in [4.69, 9.17) is 9.57 Å². The fraction of sp³-hybridized carbons (Fsp3) is 0.632. The Hall–Kier alpha value is -1.55. The Morgan fingerprint density at radius 2 is 1.78 bits per heavy atom. The maximum absolute atomic E-state index is 9.18. The van der Waals surface area contributed by atoms with E-state index in [1.165, 1.54) is 25.7 Å². The standard InChI is InChI=1S/C19H31NO3/c1-4-5-6-7-8-9-19(14-15-21)23-20-16(2)17-10-12-18(22-3)13-11-17/h10-13,19,21H,4-9,14-15H2,1-3H3/b20-16+. The molecule has 0 aliphatic heterocycles. The molecular formula is C19H31NO3. The summed E-state index contributed by atoms with van der Waals surface area (Å²) in [5.41, 5.74) is 1.85. The van der Waals surface area contributed by atoms with Crippen molar-refractivity contribution in [2.75, 3.05) is 13.7 Å². The van der Waals surface area contributed by atoms with Gasteiger partial charge in [0.1, 0.15) is 11.9 Å². The lowest BCUT2D eigenvalue weighted by Crippen LogP contribution is -2.13. The summed E-state index contributed by atoms with van der Waals surface area (Å²) in [6.07, 6.45) is 7.74. The van der Waals surface area contributed by atoms with Gasteiger partial charge in [-0.25, -0.2) is 0 Å². The van der Waals surface area contributed by atoms with Gasteiger partial charge in [-0.2, -0.15) is 0 Å². The van der Waals surface area contributed by atoms with Gasteiger partial charge in [0.25, 0.3) is 0 Å². The Kier molecular flexibility index (Phi) is 10.1. The van der Waals surface area contributed by atoms with Crippen LogP contribution in [0.2, 0.25) is 0 Å². The Bertz CT molecular complexity index is 442. The molecule has 1 aromatic rings. The topological polar surface area (TPSA) is 51.0 Å². The van der Waals surface area contributed by atoms with Gasteiger partial charge in [-0.15, -0.1) is 0 Å². The van der Waals surface area contributed by atoms with Crippen molar-refractivity contribution in [3.63, 3.8) is 0 Å². The largest absolute Gasteiger partial charge is 0.497 e. The molecule has 0 saturated heterocycles. The predicted octanol–water partition coefficient (Wildman–Crippen LogP) is 4.55. The lowest BCUT2D eigenvalue weighted by atomic mass is 10.1. The smallest absolute Gasteiger partial charge is 0.129 e. The summed E-state index contributed by atoms with van der Waals surface area (Å²) in [5.74, 6) is 0.827. The Morgan fingerprint density at radius 1 is 1.09 bits per heavy atom. The number of rotatable bonds is 12. The van der Waals surface area contributed by atoms with Gasteiger partial charge in [0.05, 0.1) is 12.8 Å². The molecule has 0 spiro atoms. The molecule has 23 heavy (non-hydrogen) atoms. The van der Waals surface area contributed by atoms with Crippen LogP contribution in [0.3, 0.4) is 0 Å². The minimum atomic E-state index is -0.00479. The summed E-state index contributed by atoms with van der Waals surface area (Å²) in [6.45, 7) is 4.28. The van der Waals surface area contributed by atoms with Crippen molar-refractivity contribution in [2.45, 2.75) is 64.9 Å². The van der Waals surface area contributed by atoms with E-state index in [-0.39, 0.29) is 12.7 Å². The van der Waals surface area contributed by atoms with Gasteiger partial charge in [0.2, 0.25) is 0 Å². The highest BCUT2D eigenvalue weighted by Crippen LogP contribution is 2.15. The van der Waals surface area contributed by atoms with Crippen LogP contribution in [0.15, 0.2) is 29.4 Å². The summed E-state index contributed by atoms with van der Waals surface area (Å²) in [6, 6.07) is 7.75. The van der Waals surface area contributed by atoms with E-state index in [2.05, 4.69) is 12.1 Å². The molecule has 0 amide bonds. The minimum Gasteiger partial charge on any atom is -0.497 e. The number of oxime groups is 1. The molecule has 0 radical (unpaired) electrons. The summed E-state index contributed by atoms with van der Waals surface area (Å²) < 4.78 is 5.15. The molecule has 0 bridgehead atoms. The fourth-order valence-electron chi connectivity index (χ4n) is 2.41. The molecule has 0 aliphatic carbocycles. The van der Waals surface area contributed by atoms with Crippen molar-refractivity contribution in [1.29, 1.82) is 0 Å². The van der Waals surface area contributed by atoms with Gasteiger partial charge in [-0.05, 0) is 49.6 Å². The predicted molar refractivity (Wildman–Crippen MR) is 95.2 cm³/mol. The number of hydrogen-bond acceptors (Lipinski definition) is 4. The summed E-state index contributed by atoms with van der Waals surface area (Å²) in [7, 11) is 1.65. The van der Waals surface area contributed by atoms with Gasteiger partial charge in [-0.1, -0.05) is 37.8 Å². The number of benzene rings is 1. The number of aliphatic hydroxyl groups excluding tert-OH is 1. The zero-order chi connectivity index (χ0) is 16.9. The van der Waals surface area contributed by atoms with Gasteiger partial charge in [0, 0.05) is 13.0 Å². The first-order chi connectivity index (χ1) is 11.2. The zero-order valence-electron chi connectivity index (χ0n) is 14.8. The van der Waals surface area contributed by atoms with E-state index in [0.29, 0.717) is 6.42 Å². The van der Waals surface area contributed by atoms with E-state index in [1.807, 2.05) is 31.2 Å². The molecule has 0 aromatic heterocycles. The summed E-state index contributed by atoms with van der Waals surface area (Å²) in [5, 5.41) is 13.4. The molecule has 1 atom stereocenters. The molecule has 4 heteroatoms. The second kappa shape index (κ2) is 11.9. The molecule has 1 N–H and O–H groups in total. The first-order valence-corrected chi connectivity index (χ1v) is 8.67. The normalized spacial score (nSPS) is 13.0. The number of hydrogen-bond donors (Lipinski definition) is 1. The number of nitrogens with zero attached hydrogens (tertiary/aromatic N) is 1. The quantitative estimate of drug-likeness (QED) is 0.349. The van der Waals surface area contributed by atoms with Crippen molar-refractivity contribution >= 4 is 5.71 Å². The van der Waals surface area contributed by atoms with Gasteiger partial charge in [0.15, 0.2) is 0 Å². The number of ether oxygens (including phenoxy) is 1. The molecule has 0 heterocycles. The van der Waals surface area contributed by atoms with Crippen LogP contribution in [0.1, 0.15) is 64.4 Å². The van der Waals surface area contributed by atoms with Crippen molar-refractivity contribution in [3.05, 3.63) is 29.8 Å². The van der Waals surface area contributed by atoms with Crippen LogP contribution in [-0.4, -0.2) is 30.6 Å². The first-order valence-electron chi connectivity index (χ1n) is 8.67. The van der Waals surface area contributed by atoms with Crippen LogP contribution in [-0.2, 0) is 4.84 Å². The van der Waals surface area contributed by atoms with Crippen LogP contribution in [0.4, 0.5) is 0 Å².